The predicted molar refractivity (Wildman–Crippen MR) is 120 cm³/mol. The van der Waals surface area contributed by atoms with E-state index in [9.17, 15) is 13.6 Å². The third-order valence-electron chi connectivity index (χ3n) is 5.15. The van der Waals surface area contributed by atoms with Crippen LogP contribution in [0.3, 0.4) is 0 Å². The maximum atomic E-state index is 12.9. The molecule has 0 radical (unpaired) electrons. The summed E-state index contributed by atoms with van der Waals surface area (Å²) in [5.41, 5.74) is -0.277. The Balaban J connectivity index is 1.64. The average Bonchev–Trinajstić information content (AvgIpc) is 3.06. The van der Waals surface area contributed by atoms with Crippen molar-refractivity contribution in [2.75, 3.05) is 0 Å². The van der Waals surface area contributed by atoms with Crippen molar-refractivity contribution in [1.29, 1.82) is 0 Å². The van der Waals surface area contributed by atoms with Gasteiger partial charge < -0.3 is 9.30 Å². The molecule has 0 atom stereocenters. The molecule has 0 spiro atoms. The van der Waals surface area contributed by atoms with E-state index in [1.165, 1.54) is 28.9 Å². The van der Waals surface area contributed by atoms with Gasteiger partial charge in [-0.25, -0.2) is 0 Å². The van der Waals surface area contributed by atoms with Crippen molar-refractivity contribution in [3.63, 3.8) is 0 Å². The largest absolute Gasteiger partial charge is 0.487 e. The van der Waals surface area contributed by atoms with Crippen LogP contribution in [0.5, 0.6) is 5.75 Å². The van der Waals surface area contributed by atoms with Gasteiger partial charge in [0.15, 0.2) is 0 Å². The van der Waals surface area contributed by atoms with Gasteiger partial charge in [-0.2, -0.15) is 9.78 Å². The lowest BCUT2D eigenvalue weighted by Crippen LogP contribution is -2.20. The fourth-order valence-corrected chi connectivity index (χ4v) is 3.88. The summed E-state index contributed by atoms with van der Waals surface area (Å²) in [4.78, 5) is 12.9. The standard InChI is InChI=1S/C24H16ClF2N3O2/c25-24(26,27)32-18-12-10-17(11-13-18)30-22(31)14-21-23(28-30)19-8-4-5-9-20(19)29(21)15-16-6-2-1-3-7-16/h1-14H,15H2. The van der Waals surface area contributed by atoms with E-state index in [1.807, 2.05) is 54.6 Å². The van der Waals surface area contributed by atoms with Gasteiger partial charge in [0.05, 0.1) is 16.7 Å². The first kappa shape index (κ1) is 20.2. The molecule has 5 nitrogen and oxygen atoms in total. The molecule has 160 valence electrons. The van der Waals surface area contributed by atoms with Crippen molar-refractivity contribution < 1.29 is 13.5 Å². The number of rotatable bonds is 5. The van der Waals surface area contributed by atoms with Crippen LogP contribution in [0.4, 0.5) is 8.78 Å². The van der Waals surface area contributed by atoms with E-state index >= 15 is 0 Å². The zero-order valence-electron chi connectivity index (χ0n) is 16.6. The summed E-state index contributed by atoms with van der Waals surface area (Å²) in [5.74, 6) is -0.123. The Kier molecular flexibility index (Phi) is 4.90. The van der Waals surface area contributed by atoms with Crippen LogP contribution in [0, 0.1) is 0 Å². The minimum atomic E-state index is -3.81. The van der Waals surface area contributed by atoms with Gasteiger partial charge in [0.2, 0.25) is 0 Å². The Labute approximate surface area is 186 Å². The maximum absolute atomic E-state index is 12.9. The van der Waals surface area contributed by atoms with Crippen molar-refractivity contribution in [3.8, 4) is 11.4 Å². The molecule has 8 heteroatoms. The first-order chi connectivity index (χ1) is 15.4. The summed E-state index contributed by atoms with van der Waals surface area (Å²) in [7, 11) is 0. The van der Waals surface area contributed by atoms with Crippen molar-refractivity contribution in [2.45, 2.75) is 12.1 Å². The lowest BCUT2D eigenvalue weighted by atomic mass is 10.2. The lowest BCUT2D eigenvalue weighted by molar-refractivity contribution is -0.0964. The third-order valence-corrected chi connectivity index (χ3v) is 5.23. The lowest BCUT2D eigenvalue weighted by Gasteiger charge is -2.11. The van der Waals surface area contributed by atoms with Gasteiger partial charge in [0.1, 0.15) is 11.3 Å². The van der Waals surface area contributed by atoms with Crippen molar-refractivity contribution in [3.05, 3.63) is 101 Å². The van der Waals surface area contributed by atoms with E-state index in [0.717, 1.165) is 22.0 Å². The van der Waals surface area contributed by atoms with Gasteiger partial charge in [-0.1, -0.05) is 48.5 Å². The Hall–Kier alpha value is -3.71. The molecular formula is C24H16ClF2N3O2. The smallest absolute Gasteiger partial charge is 0.420 e. The molecule has 0 bridgehead atoms. The number of aromatic nitrogens is 3. The average molecular weight is 452 g/mol. The van der Waals surface area contributed by atoms with Crippen LogP contribution in [-0.4, -0.2) is 19.9 Å². The fraction of sp³-hybridized carbons (Fsp3) is 0.0833. The molecule has 0 fully saturated rings. The number of hydrogen-bond acceptors (Lipinski definition) is 3. The quantitative estimate of drug-likeness (QED) is 0.329. The Bertz CT molecular complexity index is 1470. The molecule has 0 unspecified atom stereocenters. The number of fused-ring (bicyclic) bond motifs is 3. The number of benzene rings is 3. The highest BCUT2D eigenvalue weighted by Crippen LogP contribution is 2.28. The van der Waals surface area contributed by atoms with E-state index in [2.05, 4.69) is 14.4 Å². The molecule has 2 aromatic heterocycles. The highest BCUT2D eigenvalue weighted by atomic mass is 35.5. The van der Waals surface area contributed by atoms with Crippen molar-refractivity contribution >= 4 is 33.5 Å². The Morgan fingerprint density at radius 3 is 2.31 bits per heavy atom. The highest BCUT2D eigenvalue weighted by molar-refractivity contribution is 6.20. The number of hydrogen-bond donors (Lipinski definition) is 0. The molecule has 0 amide bonds. The van der Waals surface area contributed by atoms with Crippen LogP contribution in [0.15, 0.2) is 89.7 Å². The monoisotopic (exact) mass is 451 g/mol. The molecule has 32 heavy (non-hydrogen) atoms. The minimum absolute atomic E-state index is 0.123. The van der Waals surface area contributed by atoms with Crippen LogP contribution in [0.2, 0.25) is 0 Å². The molecule has 0 aliphatic heterocycles. The molecule has 0 aliphatic carbocycles. The Morgan fingerprint density at radius 2 is 1.59 bits per heavy atom. The second kappa shape index (κ2) is 7.76. The van der Waals surface area contributed by atoms with Gasteiger partial charge in [-0.3, -0.25) is 4.79 Å². The van der Waals surface area contributed by atoms with Crippen LogP contribution in [-0.2, 0) is 6.54 Å². The zero-order chi connectivity index (χ0) is 22.3. The molecule has 5 aromatic rings. The maximum Gasteiger partial charge on any atom is 0.487 e. The van der Waals surface area contributed by atoms with Gasteiger partial charge >= 0.3 is 5.57 Å². The van der Waals surface area contributed by atoms with Crippen molar-refractivity contribution in [1.82, 2.24) is 14.3 Å². The molecular weight excluding hydrogens is 436 g/mol. The summed E-state index contributed by atoms with van der Waals surface area (Å²) < 4.78 is 33.3. The topological polar surface area (TPSA) is 49.1 Å². The van der Waals surface area contributed by atoms with Crippen LogP contribution >= 0.6 is 11.6 Å². The normalized spacial score (nSPS) is 11.8. The summed E-state index contributed by atoms with van der Waals surface area (Å²) in [6.45, 7) is 0.592. The zero-order valence-corrected chi connectivity index (χ0v) is 17.3. The molecule has 0 aliphatic rings. The molecule has 5 rings (SSSR count). The second-order valence-electron chi connectivity index (χ2n) is 7.26. The highest BCUT2D eigenvalue weighted by Gasteiger charge is 2.27. The molecule has 0 saturated heterocycles. The van der Waals surface area contributed by atoms with Gasteiger partial charge in [-0.15, -0.1) is 8.78 Å². The number of para-hydroxylation sites is 1. The van der Waals surface area contributed by atoms with E-state index in [0.29, 0.717) is 17.7 Å². The molecule has 0 saturated carbocycles. The third kappa shape index (κ3) is 3.83. The summed E-state index contributed by atoms with van der Waals surface area (Å²) in [6.07, 6.45) is 0. The summed E-state index contributed by atoms with van der Waals surface area (Å²) in [6, 6.07) is 24.9. The predicted octanol–water partition coefficient (Wildman–Crippen LogP) is 5.56. The van der Waals surface area contributed by atoms with E-state index < -0.39 is 5.57 Å². The summed E-state index contributed by atoms with van der Waals surface area (Å²) in [5, 5.41) is 5.52. The van der Waals surface area contributed by atoms with E-state index in [1.54, 1.807) is 6.07 Å². The summed E-state index contributed by atoms with van der Waals surface area (Å²) >= 11 is 4.81. The second-order valence-corrected chi connectivity index (χ2v) is 7.70. The van der Waals surface area contributed by atoms with Crippen LogP contribution < -0.4 is 10.3 Å². The number of alkyl halides is 3. The van der Waals surface area contributed by atoms with Gasteiger partial charge in [-0.05, 0) is 35.9 Å². The van der Waals surface area contributed by atoms with Crippen LogP contribution in [0.25, 0.3) is 27.6 Å². The number of ether oxygens (including phenoxy) is 1. The van der Waals surface area contributed by atoms with E-state index in [-0.39, 0.29) is 11.3 Å². The molecule has 0 N–H and O–H groups in total. The SMILES string of the molecule is O=c1cc2c(nn1-c1ccc(OC(F)(F)Cl)cc1)c1ccccc1n2Cc1ccccc1. The number of halogens is 3. The number of nitrogens with zero attached hydrogens (tertiary/aromatic N) is 3. The van der Waals surface area contributed by atoms with Gasteiger partial charge in [0.25, 0.3) is 5.56 Å². The van der Waals surface area contributed by atoms with Crippen molar-refractivity contribution in [2.24, 2.45) is 0 Å². The van der Waals surface area contributed by atoms with Crippen LogP contribution in [0.1, 0.15) is 5.56 Å². The minimum Gasteiger partial charge on any atom is -0.420 e. The van der Waals surface area contributed by atoms with E-state index in [4.69, 9.17) is 11.6 Å². The fourth-order valence-electron chi connectivity index (χ4n) is 3.79. The Morgan fingerprint density at radius 1 is 0.906 bits per heavy atom. The van der Waals surface area contributed by atoms with Gasteiger partial charge in [0, 0.05) is 29.6 Å². The molecule has 3 aromatic carbocycles. The first-order valence-electron chi connectivity index (χ1n) is 9.80. The molecule has 2 heterocycles. The first-order valence-corrected chi connectivity index (χ1v) is 10.2.